The Morgan fingerprint density at radius 1 is 0.682 bits per heavy atom. The Labute approximate surface area is 240 Å². The van der Waals surface area contributed by atoms with Gasteiger partial charge in [0.05, 0.1) is 7.11 Å². The minimum atomic E-state index is -8.84. The molecule has 2 aromatic rings. The summed E-state index contributed by atoms with van der Waals surface area (Å²) in [5.74, 6) is -64.2. The minimum Gasteiger partial charge on any atom is -0.465 e. The third-order valence-corrected chi connectivity index (χ3v) is 6.72. The molecule has 0 saturated carbocycles. The van der Waals surface area contributed by atoms with Gasteiger partial charge in [-0.15, -0.1) is 11.3 Å². The second kappa shape index (κ2) is 11.1. The maximum atomic E-state index is 14.3. The van der Waals surface area contributed by atoms with E-state index in [-0.39, 0.29) is 27.5 Å². The summed E-state index contributed by atoms with van der Waals surface area (Å²) < 4.78 is 233. The van der Waals surface area contributed by atoms with Gasteiger partial charge in [0.15, 0.2) is 0 Å². The van der Waals surface area contributed by atoms with Crippen molar-refractivity contribution in [1.29, 1.82) is 0 Å². The standard InChI is InChI=1S/C21H9ClF17NO3S/c1-43-12(41)10-9(7-2-4-8(22)5-3-7)6-44-11(10)40-13(42)14(23,24)15(25,26)16(27,28)17(29,30)18(31,32)19(33,34)20(35,36)21(37,38)39/h2-6H,1H3,(H,40,42). The molecular formula is C21H9ClF17NO3S. The molecule has 0 aliphatic rings. The number of methoxy groups -OCH3 is 1. The number of alkyl halides is 17. The third-order valence-electron chi connectivity index (χ3n) is 5.57. The number of carbonyl (C=O) groups excluding carboxylic acids is 2. The number of rotatable bonds is 10. The van der Waals surface area contributed by atoms with Crippen LogP contribution in [0.2, 0.25) is 5.02 Å². The molecule has 23 heteroatoms. The van der Waals surface area contributed by atoms with Crippen molar-refractivity contribution < 1.29 is 89.0 Å². The first-order valence-electron chi connectivity index (χ1n) is 10.5. The maximum absolute atomic E-state index is 14.3. The van der Waals surface area contributed by atoms with Crippen LogP contribution in [-0.2, 0) is 9.53 Å². The van der Waals surface area contributed by atoms with Gasteiger partial charge >= 0.3 is 59.5 Å². The van der Waals surface area contributed by atoms with Crippen LogP contribution >= 0.6 is 22.9 Å². The number of benzene rings is 1. The molecule has 0 aliphatic carbocycles. The Bertz CT molecular complexity index is 1400. The van der Waals surface area contributed by atoms with E-state index in [0.29, 0.717) is 7.11 Å². The van der Waals surface area contributed by atoms with Crippen molar-refractivity contribution in [1.82, 2.24) is 0 Å². The van der Waals surface area contributed by atoms with Crippen LogP contribution in [-0.4, -0.2) is 66.6 Å². The van der Waals surface area contributed by atoms with Gasteiger partial charge in [0.1, 0.15) is 10.6 Å². The number of thiophene rings is 1. The average Bonchev–Trinajstić information content (AvgIpc) is 3.30. The first-order valence-corrected chi connectivity index (χ1v) is 11.7. The molecule has 0 saturated heterocycles. The number of ether oxygens (including phenoxy) is 1. The lowest BCUT2D eigenvalue weighted by Crippen LogP contribution is -2.75. The van der Waals surface area contributed by atoms with Crippen molar-refractivity contribution in [3.05, 3.63) is 40.2 Å². The largest absolute Gasteiger partial charge is 0.465 e. The van der Waals surface area contributed by atoms with Gasteiger partial charge in [0.25, 0.3) is 0 Å². The van der Waals surface area contributed by atoms with Gasteiger partial charge in [-0.25, -0.2) is 4.79 Å². The number of amides is 1. The van der Waals surface area contributed by atoms with Crippen LogP contribution in [0.5, 0.6) is 0 Å². The first kappa shape index (κ1) is 37.1. The van der Waals surface area contributed by atoms with Crippen molar-refractivity contribution in [3.8, 4) is 11.1 Å². The Balaban J connectivity index is 2.60. The molecule has 1 aromatic carbocycles. The highest BCUT2D eigenvalue weighted by Crippen LogP contribution is 2.64. The summed E-state index contributed by atoms with van der Waals surface area (Å²) in [6.07, 6.45) is -7.89. The van der Waals surface area contributed by atoms with Gasteiger partial charge in [0.2, 0.25) is 0 Å². The van der Waals surface area contributed by atoms with E-state index in [0.717, 1.165) is 22.8 Å². The van der Waals surface area contributed by atoms with Crippen LogP contribution in [0.25, 0.3) is 11.1 Å². The Hall–Kier alpha value is -3.04. The number of carbonyl (C=O) groups is 2. The number of esters is 1. The van der Waals surface area contributed by atoms with E-state index in [1.807, 2.05) is 0 Å². The van der Waals surface area contributed by atoms with Crippen LogP contribution in [0.3, 0.4) is 0 Å². The van der Waals surface area contributed by atoms with E-state index in [2.05, 4.69) is 4.74 Å². The fraction of sp³-hybridized carbons (Fsp3) is 0.429. The van der Waals surface area contributed by atoms with Crippen LogP contribution in [0.1, 0.15) is 10.4 Å². The molecule has 0 spiro atoms. The lowest BCUT2D eigenvalue weighted by atomic mass is 9.89. The predicted molar refractivity (Wildman–Crippen MR) is 115 cm³/mol. The van der Waals surface area contributed by atoms with Gasteiger partial charge < -0.3 is 10.1 Å². The van der Waals surface area contributed by atoms with Crippen LogP contribution in [0.4, 0.5) is 79.6 Å². The maximum Gasteiger partial charge on any atom is 0.460 e. The van der Waals surface area contributed by atoms with Crippen molar-refractivity contribution in [2.24, 2.45) is 0 Å². The monoisotopic (exact) mass is 713 g/mol. The average molecular weight is 714 g/mol. The number of hydrogen-bond donors (Lipinski definition) is 1. The van der Waals surface area contributed by atoms with Crippen LogP contribution < -0.4 is 5.32 Å². The number of anilines is 1. The van der Waals surface area contributed by atoms with Gasteiger partial charge in [-0.1, -0.05) is 23.7 Å². The van der Waals surface area contributed by atoms with E-state index in [4.69, 9.17) is 11.6 Å². The van der Waals surface area contributed by atoms with Crippen LogP contribution in [0, 0.1) is 0 Å². The lowest BCUT2D eigenvalue weighted by molar-refractivity contribution is -0.459. The molecule has 4 nitrogen and oxygen atoms in total. The molecule has 1 N–H and O–H groups in total. The topological polar surface area (TPSA) is 55.4 Å². The molecular weight excluding hydrogens is 705 g/mol. The van der Waals surface area contributed by atoms with Crippen molar-refractivity contribution in [2.75, 3.05) is 12.4 Å². The molecule has 248 valence electrons. The van der Waals surface area contributed by atoms with Gasteiger partial charge in [-0.05, 0) is 17.7 Å². The minimum absolute atomic E-state index is 0.0110. The van der Waals surface area contributed by atoms with Gasteiger partial charge in [-0.3, -0.25) is 4.79 Å². The second-order valence-corrected chi connectivity index (χ2v) is 9.64. The summed E-state index contributed by atoms with van der Waals surface area (Å²) in [6.45, 7) is 0. The quantitative estimate of drug-likeness (QED) is 0.198. The van der Waals surface area contributed by atoms with Crippen LogP contribution in [0.15, 0.2) is 29.6 Å². The van der Waals surface area contributed by atoms with E-state index in [9.17, 15) is 84.2 Å². The lowest BCUT2D eigenvalue weighted by Gasteiger charge is -2.42. The number of nitrogens with one attached hydrogen (secondary N) is 1. The molecule has 0 radical (unpaired) electrons. The normalized spacial score (nSPS) is 14.4. The van der Waals surface area contributed by atoms with E-state index < -0.39 is 70.1 Å². The summed E-state index contributed by atoms with van der Waals surface area (Å²) in [4.78, 5) is 24.1. The second-order valence-electron chi connectivity index (χ2n) is 8.32. The Morgan fingerprint density at radius 3 is 1.50 bits per heavy atom. The summed E-state index contributed by atoms with van der Waals surface area (Å²) in [5, 5.41) is 0.440. The zero-order valence-electron chi connectivity index (χ0n) is 20.3. The smallest absolute Gasteiger partial charge is 0.460 e. The van der Waals surface area contributed by atoms with Crippen molar-refractivity contribution in [2.45, 2.75) is 47.6 Å². The Morgan fingerprint density at radius 2 is 1.09 bits per heavy atom. The van der Waals surface area contributed by atoms with E-state index >= 15 is 0 Å². The predicted octanol–water partition coefficient (Wildman–Crippen LogP) is 8.80. The summed E-state index contributed by atoms with van der Waals surface area (Å²) in [5.41, 5.74) is -1.33. The first-order chi connectivity index (χ1) is 19.5. The Kier molecular flexibility index (Phi) is 9.36. The summed E-state index contributed by atoms with van der Waals surface area (Å²) >= 11 is 5.68. The molecule has 1 heterocycles. The molecule has 0 atom stereocenters. The SMILES string of the molecule is COC(=O)c1c(-c2ccc(Cl)cc2)csc1NC(=O)C(F)(F)C(F)(F)C(F)(F)C(F)(F)C(F)(F)C(F)(F)C(F)(F)C(F)(F)F. The summed E-state index contributed by atoms with van der Waals surface area (Å²) in [6, 6.07) is 4.70. The molecule has 2 rings (SSSR count). The fourth-order valence-corrected chi connectivity index (χ4v) is 4.16. The highest BCUT2D eigenvalue weighted by atomic mass is 35.5. The zero-order valence-corrected chi connectivity index (χ0v) is 21.9. The molecule has 0 aliphatic heterocycles. The van der Waals surface area contributed by atoms with Crippen molar-refractivity contribution in [3.63, 3.8) is 0 Å². The highest BCUT2D eigenvalue weighted by molar-refractivity contribution is 7.15. The zero-order chi connectivity index (χ0) is 34.7. The molecule has 44 heavy (non-hydrogen) atoms. The highest BCUT2D eigenvalue weighted by Gasteiger charge is 2.95. The fourth-order valence-electron chi connectivity index (χ4n) is 3.08. The van der Waals surface area contributed by atoms with Gasteiger partial charge in [-0.2, -0.15) is 74.6 Å². The molecule has 0 bridgehead atoms. The molecule has 1 aromatic heterocycles. The van der Waals surface area contributed by atoms with Gasteiger partial charge in [0, 0.05) is 16.0 Å². The van der Waals surface area contributed by atoms with Crippen molar-refractivity contribution >= 4 is 39.8 Å². The number of halogens is 18. The molecule has 0 unspecified atom stereocenters. The molecule has 0 fully saturated rings. The van der Waals surface area contributed by atoms with E-state index in [1.165, 1.54) is 12.1 Å². The van der Waals surface area contributed by atoms with E-state index in [1.54, 1.807) is 0 Å². The molecule has 1 amide bonds. The third kappa shape index (κ3) is 5.30. The summed E-state index contributed by atoms with van der Waals surface area (Å²) in [7, 11) is 0.654. The number of hydrogen-bond acceptors (Lipinski definition) is 4.